The first-order valence-corrected chi connectivity index (χ1v) is 12.2. The zero-order chi connectivity index (χ0) is 20.5. The van der Waals surface area contributed by atoms with Gasteiger partial charge in [0.05, 0.1) is 22.0 Å². The van der Waals surface area contributed by atoms with E-state index in [0.29, 0.717) is 18.7 Å². The molecule has 0 spiro atoms. The molecule has 1 aliphatic rings. The summed E-state index contributed by atoms with van der Waals surface area (Å²) < 4.78 is 67.7. The fraction of sp³-hybridized carbons (Fsp3) is 0.368. The second-order valence-electron chi connectivity index (χ2n) is 6.85. The Morgan fingerprint density at radius 3 is 2.54 bits per heavy atom. The number of hydrogen-bond acceptors (Lipinski definition) is 4. The highest BCUT2D eigenvalue weighted by molar-refractivity contribution is 7.93. The molecule has 152 valence electrons. The van der Waals surface area contributed by atoms with E-state index in [9.17, 15) is 21.2 Å². The summed E-state index contributed by atoms with van der Waals surface area (Å²) in [5.74, 6) is -0.443. The van der Waals surface area contributed by atoms with Crippen LogP contribution in [0.4, 0.5) is 15.8 Å². The molecule has 9 heteroatoms. The molecule has 2 aromatic rings. The summed E-state index contributed by atoms with van der Waals surface area (Å²) in [5.41, 5.74) is 1.87. The van der Waals surface area contributed by atoms with Crippen molar-refractivity contribution in [1.82, 2.24) is 0 Å². The number of rotatable bonds is 6. The minimum atomic E-state index is -3.93. The highest BCUT2D eigenvalue weighted by Gasteiger charge is 2.27. The molecule has 0 atom stereocenters. The normalized spacial score (nSPS) is 14.6. The Balaban J connectivity index is 1.95. The van der Waals surface area contributed by atoms with Crippen LogP contribution in [0.25, 0.3) is 0 Å². The van der Waals surface area contributed by atoms with Crippen molar-refractivity contribution in [2.75, 3.05) is 21.3 Å². The number of sulfonamides is 2. The van der Waals surface area contributed by atoms with Crippen molar-refractivity contribution in [3.05, 3.63) is 53.3 Å². The third-order valence-electron chi connectivity index (χ3n) is 4.65. The number of anilines is 2. The van der Waals surface area contributed by atoms with Gasteiger partial charge in [-0.25, -0.2) is 21.2 Å². The maximum atomic E-state index is 13.4. The Morgan fingerprint density at radius 1 is 1.11 bits per heavy atom. The van der Waals surface area contributed by atoms with Gasteiger partial charge in [0.15, 0.2) is 0 Å². The Hall–Kier alpha value is -2.13. The third kappa shape index (κ3) is 4.15. The van der Waals surface area contributed by atoms with Crippen molar-refractivity contribution in [2.24, 2.45) is 0 Å². The predicted octanol–water partition coefficient (Wildman–Crippen LogP) is 3.43. The quantitative estimate of drug-likeness (QED) is 0.767. The lowest BCUT2D eigenvalue weighted by Crippen LogP contribution is -2.37. The van der Waals surface area contributed by atoms with Crippen LogP contribution in [0.5, 0.6) is 0 Å². The molecular weight excluding hydrogens is 403 g/mol. The van der Waals surface area contributed by atoms with Crippen LogP contribution in [0.1, 0.15) is 30.9 Å². The van der Waals surface area contributed by atoms with Crippen molar-refractivity contribution >= 4 is 31.4 Å². The van der Waals surface area contributed by atoms with Crippen molar-refractivity contribution in [2.45, 2.75) is 38.0 Å². The summed E-state index contributed by atoms with van der Waals surface area (Å²) in [6.45, 7) is 3.67. The fourth-order valence-corrected chi connectivity index (χ4v) is 6.01. The van der Waals surface area contributed by atoms with Gasteiger partial charge in [-0.2, -0.15) is 0 Å². The summed E-state index contributed by atoms with van der Waals surface area (Å²) >= 11 is 0. The molecule has 3 rings (SSSR count). The lowest BCUT2D eigenvalue weighted by Gasteiger charge is -2.31. The van der Waals surface area contributed by atoms with Gasteiger partial charge in [-0.1, -0.05) is 13.0 Å². The summed E-state index contributed by atoms with van der Waals surface area (Å²) in [5, 5.41) is 0. The van der Waals surface area contributed by atoms with E-state index in [1.807, 2.05) is 0 Å². The van der Waals surface area contributed by atoms with Crippen molar-refractivity contribution in [3.8, 4) is 0 Å². The smallest absolute Gasteiger partial charge is 0.261 e. The molecule has 0 aromatic heterocycles. The molecule has 1 N–H and O–H groups in total. The van der Waals surface area contributed by atoms with Crippen molar-refractivity contribution in [1.29, 1.82) is 0 Å². The van der Waals surface area contributed by atoms with E-state index in [-0.39, 0.29) is 21.9 Å². The minimum absolute atomic E-state index is 0.0389. The number of benzene rings is 2. The zero-order valence-electron chi connectivity index (χ0n) is 15.8. The first-order valence-electron chi connectivity index (χ1n) is 9.06. The standard InChI is InChI=1S/C19H23FN2O4S2/c1-3-11-27(23,24)22-10-4-5-15-6-7-16(13-19(15)22)21-28(25,26)17-8-9-18(20)14(2)12-17/h6-9,12-13,21H,3-5,10-11H2,1-2H3. The predicted molar refractivity (Wildman–Crippen MR) is 108 cm³/mol. The van der Waals surface area contributed by atoms with Gasteiger partial charge in [0.2, 0.25) is 10.0 Å². The minimum Gasteiger partial charge on any atom is -0.280 e. The van der Waals surface area contributed by atoms with E-state index in [0.717, 1.165) is 24.5 Å². The van der Waals surface area contributed by atoms with E-state index in [4.69, 9.17) is 0 Å². The Bertz CT molecular complexity index is 1100. The highest BCUT2D eigenvalue weighted by atomic mass is 32.2. The van der Waals surface area contributed by atoms with Gasteiger partial charge < -0.3 is 0 Å². The second kappa shape index (κ2) is 7.71. The lowest BCUT2D eigenvalue weighted by atomic mass is 10.0. The number of nitrogens with zero attached hydrogens (tertiary/aromatic N) is 1. The molecule has 0 bridgehead atoms. The molecule has 0 amide bonds. The average molecular weight is 427 g/mol. The maximum Gasteiger partial charge on any atom is 0.261 e. The van der Waals surface area contributed by atoms with Gasteiger partial charge in [0.1, 0.15) is 5.82 Å². The molecule has 0 saturated heterocycles. The van der Waals surface area contributed by atoms with Gasteiger partial charge in [-0.15, -0.1) is 0 Å². The average Bonchev–Trinajstić information content (AvgIpc) is 2.63. The van der Waals surface area contributed by atoms with E-state index in [1.54, 1.807) is 25.1 Å². The summed E-state index contributed by atoms with van der Waals surface area (Å²) in [6, 6.07) is 8.47. The third-order valence-corrected chi connectivity index (χ3v) is 8.01. The molecule has 28 heavy (non-hydrogen) atoms. The fourth-order valence-electron chi connectivity index (χ4n) is 3.26. The zero-order valence-corrected chi connectivity index (χ0v) is 17.4. The Labute approximate surface area is 165 Å². The van der Waals surface area contributed by atoms with Gasteiger partial charge in [0.25, 0.3) is 10.0 Å². The second-order valence-corrected chi connectivity index (χ2v) is 10.5. The van der Waals surface area contributed by atoms with E-state index >= 15 is 0 Å². The van der Waals surface area contributed by atoms with Crippen LogP contribution in [0, 0.1) is 12.7 Å². The number of halogens is 1. The monoisotopic (exact) mass is 426 g/mol. The molecule has 0 fully saturated rings. The van der Waals surface area contributed by atoms with Crippen molar-refractivity contribution < 1.29 is 21.2 Å². The van der Waals surface area contributed by atoms with Crippen LogP contribution < -0.4 is 9.03 Å². The summed E-state index contributed by atoms with van der Waals surface area (Å²) in [6.07, 6.45) is 1.96. The number of aryl methyl sites for hydroxylation is 2. The molecular formula is C19H23FN2O4S2. The van der Waals surface area contributed by atoms with Crippen LogP contribution in [0.15, 0.2) is 41.3 Å². The first kappa shape index (κ1) is 20.6. The Kier molecular flexibility index (Phi) is 5.67. The molecule has 2 aromatic carbocycles. The Morgan fingerprint density at radius 2 is 1.86 bits per heavy atom. The molecule has 1 aliphatic heterocycles. The maximum absolute atomic E-state index is 13.4. The topological polar surface area (TPSA) is 83.6 Å². The van der Waals surface area contributed by atoms with Crippen molar-refractivity contribution in [3.63, 3.8) is 0 Å². The largest absolute Gasteiger partial charge is 0.280 e. The first-order chi connectivity index (χ1) is 13.1. The molecule has 0 radical (unpaired) electrons. The van der Waals surface area contributed by atoms with Gasteiger partial charge >= 0.3 is 0 Å². The van der Waals surface area contributed by atoms with E-state index in [1.165, 1.54) is 23.4 Å². The molecule has 1 heterocycles. The highest BCUT2D eigenvalue weighted by Crippen LogP contribution is 2.33. The van der Waals surface area contributed by atoms with Crippen LogP contribution >= 0.6 is 0 Å². The van der Waals surface area contributed by atoms with E-state index < -0.39 is 25.9 Å². The lowest BCUT2D eigenvalue weighted by molar-refractivity contribution is 0.585. The van der Waals surface area contributed by atoms with Crippen LogP contribution in [0.3, 0.4) is 0 Å². The summed E-state index contributed by atoms with van der Waals surface area (Å²) in [7, 11) is -7.38. The number of nitrogens with one attached hydrogen (secondary N) is 1. The summed E-state index contributed by atoms with van der Waals surface area (Å²) in [4.78, 5) is -0.0559. The molecule has 0 saturated carbocycles. The van der Waals surface area contributed by atoms with Gasteiger partial charge in [-0.05, 0) is 67.6 Å². The molecule has 0 unspecified atom stereocenters. The van der Waals surface area contributed by atoms with Gasteiger partial charge in [-0.3, -0.25) is 9.03 Å². The molecule has 0 aliphatic carbocycles. The van der Waals surface area contributed by atoms with Crippen LogP contribution in [-0.2, 0) is 26.5 Å². The molecule has 6 nitrogen and oxygen atoms in total. The van der Waals surface area contributed by atoms with E-state index in [2.05, 4.69) is 4.72 Å². The number of fused-ring (bicyclic) bond motifs is 1. The number of hydrogen-bond donors (Lipinski definition) is 1. The van der Waals surface area contributed by atoms with Crippen LogP contribution in [-0.4, -0.2) is 29.1 Å². The van der Waals surface area contributed by atoms with Crippen LogP contribution in [0.2, 0.25) is 0 Å². The van der Waals surface area contributed by atoms with Gasteiger partial charge in [0, 0.05) is 6.54 Å². The SMILES string of the molecule is CCCS(=O)(=O)N1CCCc2ccc(NS(=O)(=O)c3ccc(F)c(C)c3)cc21.